The molecule has 1 aliphatic heterocycles. The second-order valence-corrected chi connectivity index (χ2v) is 10.0. The zero-order chi connectivity index (χ0) is 29.1. The van der Waals surface area contributed by atoms with E-state index >= 15 is 0 Å². The summed E-state index contributed by atoms with van der Waals surface area (Å²) in [7, 11) is 5.07. The Morgan fingerprint density at radius 3 is 2.10 bits per heavy atom. The average Bonchev–Trinajstić information content (AvgIpc) is 3.65. The molecule has 1 aliphatic rings. The van der Waals surface area contributed by atoms with Crippen LogP contribution in [0.4, 0.5) is 5.82 Å². The van der Waals surface area contributed by atoms with Crippen LogP contribution >= 0.6 is 0 Å². The first-order chi connectivity index (χ1) is 20.6. The number of aromatic nitrogens is 4. The number of benzene rings is 3. The second-order valence-electron chi connectivity index (χ2n) is 10.0. The number of hydrogen-bond donors (Lipinski definition) is 2. The van der Waals surface area contributed by atoms with E-state index in [4.69, 9.17) is 18.9 Å². The molecule has 0 spiro atoms. The molecule has 6 rings (SSSR count). The Kier molecular flexibility index (Phi) is 7.75. The molecule has 3 atom stereocenters. The van der Waals surface area contributed by atoms with Gasteiger partial charge in [0, 0.05) is 13.5 Å². The maximum atomic E-state index is 11.2. The highest BCUT2D eigenvalue weighted by Gasteiger charge is 2.42. The molecule has 3 heterocycles. The van der Waals surface area contributed by atoms with Gasteiger partial charge in [0.05, 0.1) is 33.3 Å². The lowest BCUT2D eigenvalue weighted by Crippen LogP contribution is -2.38. The Morgan fingerprint density at radius 2 is 1.50 bits per heavy atom. The van der Waals surface area contributed by atoms with Gasteiger partial charge in [0.2, 0.25) is 0 Å². The molecule has 2 N–H and O–H groups in total. The van der Waals surface area contributed by atoms with Crippen LogP contribution in [-0.4, -0.2) is 64.7 Å². The summed E-state index contributed by atoms with van der Waals surface area (Å²) >= 11 is 0. The summed E-state index contributed by atoms with van der Waals surface area (Å²) < 4.78 is 26.1. The summed E-state index contributed by atoms with van der Waals surface area (Å²) in [6, 6.07) is 25.7. The number of nitrogens with one attached hydrogen (secondary N) is 1. The van der Waals surface area contributed by atoms with Crippen LogP contribution in [-0.2, 0) is 15.1 Å². The van der Waals surface area contributed by atoms with Gasteiger partial charge in [-0.1, -0.05) is 54.6 Å². The van der Waals surface area contributed by atoms with Gasteiger partial charge in [-0.15, -0.1) is 0 Å². The number of ether oxygens (including phenoxy) is 4. The fraction of sp³-hybridized carbons (Fsp3) is 0.281. The lowest BCUT2D eigenvalue weighted by molar-refractivity contribution is -0.0931. The number of aliphatic hydroxyl groups excluding tert-OH is 1. The highest BCUT2D eigenvalue weighted by molar-refractivity contribution is 5.82. The fourth-order valence-electron chi connectivity index (χ4n) is 5.56. The van der Waals surface area contributed by atoms with Gasteiger partial charge in [0.25, 0.3) is 0 Å². The first-order valence-corrected chi connectivity index (χ1v) is 13.7. The predicted molar refractivity (Wildman–Crippen MR) is 158 cm³/mol. The molecule has 216 valence electrons. The zero-order valence-electron chi connectivity index (χ0n) is 23.7. The summed E-state index contributed by atoms with van der Waals surface area (Å²) in [5, 5.41) is 14.2. The minimum absolute atomic E-state index is 0.119. The summed E-state index contributed by atoms with van der Waals surface area (Å²) in [6.45, 7) is 0.119. The third kappa shape index (κ3) is 4.94. The van der Waals surface area contributed by atoms with Crippen molar-refractivity contribution in [2.24, 2.45) is 0 Å². The molecule has 0 saturated carbocycles. The SMILES string of the molecule is CNc1ncnc2c1ncn2[C@@H]1C[C@@H](O)[C@H](COC(c2ccccc2)(c2ccc(OC)cc2)c2ccc(OC)cc2)O1. The van der Waals surface area contributed by atoms with Crippen molar-refractivity contribution < 1.29 is 24.1 Å². The molecule has 1 saturated heterocycles. The van der Waals surface area contributed by atoms with Crippen molar-refractivity contribution in [1.29, 1.82) is 0 Å². The zero-order valence-corrected chi connectivity index (χ0v) is 23.7. The molecule has 3 aromatic carbocycles. The molecule has 0 unspecified atom stereocenters. The van der Waals surface area contributed by atoms with E-state index in [-0.39, 0.29) is 6.61 Å². The smallest absolute Gasteiger partial charge is 0.167 e. The number of aliphatic hydroxyl groups is 1. The minimum Gasteiger partial charge on any atom is -0.497 e. The Bertz CT molecular complexity index is 1580. The fourth-order valence-corrected chi connectivity index (χ4v) is 5.56. The number of nitrogens with zero attached hydrogens (tertiary/aromatic N) is 4. The van der Waals surface area contributed by atoms with Crippen molar-refractivity contribution in [3.8, 4) is 11.5 Å². The molecular formula is C32H33N5O5. The lowest BCUT2D eigenvalue weighted by atomic mass is 9.80. The molecule has 5 aromatic rings. The molecule has 2 aromatic heterocycles. The topological polar surface area (TPSA) is 113 Å². The molecule has 0 amide bonds. The van der Waals surface area contributed by atoms with E-state index in [9.17, 15) is 5.11 Å². The maximum Gasteiger partial charge on any atom is 0.167 e. The van der Waals surface area contributed by atoms with E-state index in [1.54, 1.807) is 27.6 Å². The van der Waals surface area contributed by atoms with Gasteiger partial charge in [-0.05, 0) is 41.0 Å². The highest BCUT2D eigenvalue weighted by Crippen LogP contribution is 2.43. The molecule has 10 heteroatoms. The van der Waals surface area contributed by atoms with Gasteiger partial charge in [-0.25, -0.2) is 15.0 Å². The molecule has 1 fully saturated rings. The first-order valence-electron chi connectivity index (χ1n) is 13.7. The van der Waals surface area contributed by atoms with E-state index in [0.717, 1.165) is 28.2 Å². The van der Waals surface area contributed by atoms with Crippen LogP contribution in [0.3, 0.4) is 0 Å². The predicted octanol–water partition coefficient (Wildman–Crippen LogP) is 4.54. The maximum absolute atomic E-state index is 11.2. The van der Waals surface area contributed by atoms with Crippen molar-refractivity contribution >= 4 is 17.0 Å². The van der Waals surface area contributed by atoms with Gasteiger partial charge in [-0.2, -0.15) is 0 Å². The average molecular weight is 568 g/mol. The van der Waals surface area contributed by atoms with Crippen molar-refractivity contribution in [2.45, 2.75) is 30.5 Å². The summed E-state index contributed by atoms with van der Waals surface area (Å²) in [4.78, 5) is 13.1. The number of fused-ring (bicyclic) bond motifs is 1. The van der Waals surface area contributed by atoms with Crippen LogP contribution in [0.2, 0.25) is 0 Å². The second kappa shape index (κ2) is 11.8. The van der Waals surface area contributed by atoms with Gasteiger partial charge < -0.3 is 29.4 Å². The van der Waals surface area contributed by atoms with E-state index in [2.05, 4.69) is 20.3 Å². The minimum atomic E-state index is -1.02. The van der Waals surface area contributed by atoms with Crippen LogP contribution in [0.25, 0.3) is 11.2 Å². The highest BCUT2D eigenvalue weighted by atomic mass is 16.6. The number of anilines is 1. The normalized spacial score (nSPS) is 18.7. The molecule has 42 heavy (non-hydrogen) atoms. The third-order valence-electron chi connectivity index (χ3n) is 7.75. The van der Waals surface area contributed by atoms with E-state index in [1.807, 2.05) is 83.4 Å². The van der Waals surface area contributed by atoms with E-state index in [1.165, 1.54) is 6.33 Å². The van der Waals surface area contributed by atoms with Gasteiger partial charge in [0.1, 0.15) is 41.3 Å². The summed E-state index contributed by atoms with van der Waals surface area (Å²) in [5.41, 5.74) is 2.99. The summed E-state index contributed by atoms with van der Waals surface area (Å²) in [6.07, 6.45) is 1.68. The van der Waals surface area contributed by atoms with Gasteiger partial charge >= 0.3 is 0 Å². The quantitative estimate of drug-likeness (QED) is 0.235. The molecular weight excluding hydrogens is 534 g/mol. The Morgan fingerprint density at radius 1 is 0.881 bits per heavy atom. The van der Waals surface area contributed by atoms with Crippen molar-refractivity contribution in [1.82, 2.24) is 19.5 Å². The molecule has 0 bridgehead atoms. The number of rotatable bonds is 10. The van der Waals surface area contributed by atoms with Crippen LogP contribution < -0.4 is 14.8 Å². The largest absolute Gasteiger partial charge is 0.497 e. The van der Waals surface area contributed by atoms with Crippen molar-refractivity contribution in [3.05, 3.63) is 108 Å². The van der Waals surface area contributed by atoms with Gasteiger partial charge in [0.15, 0.2) is 11.5 Å². The Hall–Kier alpha value is -4.51. The van der Waals surface area contributed by atoms with Crippen LogP contribution in [0, 0.1) is 0 Å². The number of methoxy groups -OCH3 is 2. The van der Waals surface area contributed by atoms with Crippen LogP contribution in [0.15, 0.2) is 91.5 Å². The Balaban J connectivity index is 1.36. The van der Waals surface area contributed by atoms with Gasteiger partial charge in [-0.3, -0.25) is 4.57 Å². The summed E-state index contributed by atoms with van der Waals surface area (Å²) in [5.74, 6) is 2.11. The number of hydrogen-bond acceptors (Lipinski definition) is 9. The third-order valence-corrected chi connectivity index (χ3v) is 7.75. The van der Waals surface area contributed by atoms with E-state index in [0.29, 0.717) is 23.4 Å². The van der Waals surface area contributed by atoms with Crippen molar-refractivity contribution in [3.63, 3.8) is 0 Å². The monoisotopic (exact) mass is 567 g/mol. The molecule has 10 nitrogen and oxygen atoms in total. The number of imidazole rings is 1. The first kappa shape index (κ1) is 27.6. The van der Waals surface area contributed by atoms with E-state index < -0.39 is 24.0 Å². The molecule has 0 radical (unpaired) electrons. The van der Waals surface area contributed by atoms with Crippen LogP contribution in [0.1, 0.15) is 29.3 Å². The Labute approximate surface area is 243 Å². The standard InChI is InChI=1S/C32H33N5O5/c1-33-30-29-31(35-19-34-30)37(20-36-29)28-17-26(38)27(42-28)18-41-32(21-7-5-4-6-8-21,22-9-13-24(39-2)14-10-22)23-11-15-25(40-3)16-12-23/h4-16,19-20,26-28,38H,17-18H2,1-3H3,(H,33,34,35)/t26-,27+,28+/m1/s1. The van der Waals surface area contributed by atoms with Crippen LogP contribution in [0.5, 0.6) is 11.5 Å². The lowest BCUT2D eigenvalue weighted by Gasteiger charge is -2.37. The molecule has 0 aliphatic carbocycles. The van der Waals surface area contributed by atoms with Crippen molar-refractivity contribution in [2.75, 3.05) is 33.2 Å².